The summed E-state index contributed by atoms with van der Waals surface area (Å²) in [5.74, 6) is -0.302. The summed E-state index contributed by atoms with van der Waals surface area (Å²) in [4.78, 5) is 27.4. The molecule has 6 heteroatoms. The summed E-state index contributed by atoms with van der Waals surface area (Å²) in [6, 6.07) is 9.49. The van der Waals surface area contributed by atoms with Gasteiger partial charge in [-0.3, -0.25) is 9.59 Å². The average Bonchev–Trinajstić information content (AvgIpc) is 2.89. The summed E-state index contributed by atoms with van der Waals surface area (Å²) in [5.41, 5.74) is 0.164. The first-order valence-corrected chi connectivity index (χ1v) is 12.8. The fourth-order valence-corrected chi connectivity index (χ4v) is 4.95. The maximum atomic E-state index is 13.0. The molecule has 1 fully saturated rings. The van der Waals surface area contributed by atoms with E-state index >= 15 is 0 Å². The lowest BCUT2D eigenvalue weighted by Crippen LogP contribution is -2.55. The molecule has 1 amide bonds. The van der Waals surface area contributed by atoms with E-state index in [-0.39, 0.29) is 29.1 Å². The maximum absolute atomic E-state index is 13.0. The fourth-order valence-electron chi connectivity index (χ4n) is 3.62. The molecule has 0 radical (unpaired) electrons. The zero-order chi connectivity index (χ0) is 21.3. The number of amides is 1. The van der Waals surface area contributed by atoms with Gasteiger partial charge in [-0.25, -0.2) is 0 Å². The van der Waals surface area contributed by atoms with Crippen LogP contribution in [0.2, 0.25) is 18.1 Å². The van der Waals surface area contributed by atoms with Gasteiger partial charge in [0.25, 0.3) is 0 Å². The standard InChI is InChI=1S/C22H35NO4Si/c1-21(2,3)28(7,8)27-17-14-18(24)23(15-16-12-10-9-11-13-16)19(17)22(4,5)20(25)26-6/h9-13,17,19H,14-15H2,1-8H3/t17-,19-/m0/s1. The molecule has 0 saturated carbocycles. The molecule has 1 aromatic rings. The Balaban J connectivity index is 2.42. The van der Waals surface area contributed by atoms with Crippen molar-refractivity contribution >= 4 is 20.2 Å². The quantitative estimate of drug-likeness (QED) is 0.521. The van der Waals surface area contributed by atoms with Crippen molar-refractivity contribution in [2.75, 3.05) is 7.11 Å². The molecule has 1 heterocycles. The Morgan fingerprint density at radius 3 is 2.21 bits per heavy atom. The summed E-state index contributed by atoms with van der Waals surface area (Å²) < 4.78 is 11.7. The van der Waals surface area contributed by atoms with Gasteiger partial charge in [0.1, 0.15) is 0 Å². The second kappa shape index (κ2) is 7.99. The molecule has 0 unspecified atom stereocenters. The minimum absolute atomic E-state index is 0.0167. The molecule has 0 spiro atoms. The number of likely N-dealkylation sites (tertiary alicyclic amines) is 1. The number of benzene rings is 1. The number of hydrogen-bond donors (Lipinski definition) is 0. The summed E-state index contributed by atoms with van der Waals surface area (Å²) in [5, 5.41) is 0.0167. The molecule has 1 aliphatic rings. The van der Waals surface area contributed by atoms with Crippen LogP contribution in [0.25, 0.3) is 0 Å². The Morgan fingerprint density at radius 2 is 1.71 bits per heavy atom. The Bertz CT molecular complexity index is 709. The van der Waals surface area contributed by atoms with Crippen molar-refractivity contribution in [1.82, 2.24) is 4.90 Å². The van der Waals surface area contributed by atoms with E-state index in [0.29, 0.717) is 13.0 Å². The second-order valence-corrected chi connectivity index (χ2v) is 14.5. The average molecular weight is 406 g/mol. The van der Waals surface area contributed by atoms with Gasteiger partial charge < -0.3 is 14.1 Å². The van der Waals surface area contributed by atoms with E-state index in [4.69, 9.17) is 9.16 Å². The minimum atomic E-state index is -2.12. The first-order valence-electron chi connectivity index (χ1n) is 9.91. The van der Waals surface area contributed by atoms with Crippen molar-refractivity contribution in [3.63, 3.8) is 0 Å². The molecule has 28 heavy (non-hydrogen) atoms. The lowest BCUT2D eigenvalue weighted by Gasteiger charge is -2.43. The van der Waals surface area contributed by atoms with Crippen LogP contribution in [-0.2, 0) is 25.3 Å². The van der Waals surface area contributed by atoms with Crippen molar-refractivity contribution < 1.29 is 18.8 Å². The molecule has 0 N–H and O–H groups in total. The van der Waals surface area contributed by atoms with Crippen molar-refractivity contribution in [2.45, 2.75) is 77.9 Å². The van der Waals surface area contributed by atoms with Crippen molar-refractivity contribution in [2.24, 2.45) is 5.41 Å². The van der Waals surface area contributed by atoms with E-state index in [1.807, 2.05) is 49.1 Å². The normalized spacial score (nSPS) is 21.1. The van der Waals surface area contributed by atoms with Gasteiger partial charge in [-0.1, -0.05) is 51.1 Å². The molecule has 1 saturated heterocycles. The molecule has 2 rings (SSSR count). The van der Waals surface area contributed by atoms with Gasteiger partial charge in [-0.2, -0.15) is 0 Å². The highest BCUT2D eigenvalue weighted by Gasteiger charge is 2.54. The maximum Gasteiger partial charge on any atom is 0.313 e. The number of hydrogen-bond acceptors (Lipinski definition) is 4. The largest absolute Gasteiger partial charge is 0.469 e. The third-order valence-electron chi connectivity index (χ3n) is 6.28. The van der Waals surface area contributed by atoms with Gasteiger partial charge in [0.05, 0.1) is 31.1 Å². The smallest absolute Gasteiger partial charge is 0.313 e. The minimum Gasteiger partial charge on any atom is -0.469 e. The van der Waals surface area contributed by atoms with Crippen LogP contribution >= 0.6 is 0 Å². The van der Waals surface area contributed by atoms with Crippen LogP contribution in [0.4, 0.5) is 0 Å². The summed E-state index contributed by atoms with van der Waals surface area (Å²) in [7, 11) is -0.723. The predicted molar refractivity (Wildman–Crippen MR) is 113 cm³/mol. The Hall–Kier alpha value is -1.66. The van der Waals surface area contributed by atoms with E-state index < -0.39 is 13.7 Å². The van der Waals surface area contributed by atoms with Crippen LogP contribution in [0.3, 0.4) is 0 Å². The van der Waals surface area contributed by atoms with Crippen molar-refractivity contribution in [3.8, 4) is 0 Å². The van der Waals surface area contributed by atoms with Gasteiger partial charge in [-0.15, -0.1) is 0 Å². The number of carbonyl (C=O) groups is 2. The van der Waals surface area contributed by atoms with E-state index in [2.05, 4.69) is 33.9 Å². The predicted octanol–water partition coefficient (Wildman–Crippen LogP) is 4.38. The van der Waals surface area contributed by atoms with E-state index in [9.17, 15) is 9.59 Å². The molecule has 0 bridgehead atoms. The zero-order valence-corrected chi connectivity index (χ0v) is 19.5. The summed E-state index contributed by atoms with van der Waals surface area (Å²) in [6.45, 7) is 15.1. The Labute approximate surface area is 170 Å². The van der Waals surface area contributed by atoms with E-state index in [1.54, 1.807) is 0 Å². The van der Waals surface area contributed by atoms with E-state index in [0.717, 1.165) is 5.56 Å². The van der Waals surface area contributed by atoms with Crippen molar-refractivity contribution in [3.05, 3.63) is 35.9 Å². The van der Waals surface area contributed by atoms with Crippen LogP contribution < -0.4 is 0 Å². The monoisotopic (exact) mass is 405 g/mol. The van der Waals surface area contributed by atoms with Crippen LogP contribution in [0, 0.1) is 5.41 Å². The third-order valence-corrected chi connectivity index (χ3v) is 10.8. The fraction of sp³-hybridized carbons (Fsp3) is 0.636. The molecule has 156 valence electrons. The SMILES string of the molecule is COC(=O)C(C)(C)[C@@H]1[C@@H](O[Si](C)(C)C(C)(C)C)CC(=O)N1Cc1ccccc1. The number of esters is 1. The lowest BCUT2D eigenvalue weighted by molar-refractivity contribution is -0.157. The molecular formula is C22H35NO4Si. The molecule has 5 nitrogen and oxygen atoms in total. The van der Waals surface area contributed by atoms with Crippen LogP contribution in [0.5, 0.6) is 0 Å². The van der Waals surface area contributed by atoms with Gasteiger partial charge in [0.15, 0.2) is 8.32 Å². The Morgan fingerprint density at radius 1 is 1.14 bits per heavy atom. The molecule has 0 aliphatic carbocycles. The number of nitrogens with zero attached hydrogens (tertiary/aromatic N) is 1. The zero-order valence-electron chi connectivity index (χ0n) is 18.5. The van der Waals surface area contributed by atoms with Gasteiger partial charge in [-0.05, 0) is 37.5 Å². The highest BCUT2D eigenvalue weighted by molar-refractivity contribution is 6.74. The molecule has 1 aromatic carbocycles. The number of carbonyl (C=O) groups excluding carboxylic acids is 2. The van der Waals surface area contributed by atoms with Gasteiger partial charge >= 0.3 is 5.97 Å². The topological polar surface area (TPSA) is 55.8 Å². The first-order chi connectivity index (χ1) is 12.8. The first kappa shape index (κ1) is 22.6. The number of rotatable bonds is 6. The highest BCUT2D eigenvalue weighted by atomic mass is 28.4. The van der Waals surface area contributed by atoms with Gasteiger partial charge in [0, 0.05) is 6.54 Å². The van der Waals surface area contributed by atoms with Crippen LogP contribution in [0.1, 0.15) is 46.6 Å². The number of ether oxygens (including phenoxy) is 1. The van der Waals surface area contributed by atoms with E-state index in [1.165, 1.54) is 7.11 Å². The van der Waals surface area contributed by atoms with Crippen molar-refractivity contribution in [1.29, 1.82) is 0 Å². The van der Waals surface area contributed by atoms with Crippen LogP contribution in [-0.4, -0.2) is 44.3 Å². The lowest BCUT2D eigenvalue weighted by atomic mass is 9.81. The van der Waals surface area contributed by atoms with Gasteiger partial charge in [0.2, 0.25) is 5.91 Å². The highest BCUT2D eigenvalue weighted by Crippen LogP contribution is 2.43. The number of methoxy groups -OCH3 is 1. The molecule has 1 aliphatic heterocycles. The molecular weight excluding hydrogens is 370 g/mol. The second-order valence-electron chi connectivity index (χ2n) is 9.79. The summed E-state index contributed by atoms with van der Waals surface area (Å²) >= 11 is 0. The summed E-state index contributed by atoms with van der Waals surface area (Å²) in [6.07, 6.45) is -0.0315. The van der Waals surface area contributed by atoms with Crippen LogP contribution in [0.15, 0.2) is 30.3 Å². The third kappa shape index (κ3) is 4.49. The Kier molecular flexibility index (Phi) is 6.46. The molecule has 0 aromatic heterocycles. The molecule has 2 atom stereocenters.